The lowest BCUT2D eigenvalue weighted by Gasteiger charge is -2.38. The number of nitrogens with one attached hydrogen (secondary N) is 2. The summed E-state index contributed by atoms with van der Waals surface area (Å²) in [6.07, 6.45) is -3.27. The summed E-state index contributed by atoms with van der Waals surface area (Å²) in [5.74, 6) is 0.461. The summed E-state index contributed by atoms with van der Waals surface area (Å²) in [7, 11) is 0. The molecule has 1 saturated heterocycles. The number of piperidine rings is 1. The Bertz CT molecular complexity index is 1140. The van der Waals surface area contributed by atoms with E-state index in [1.807, 2.05) is 6.07 Å². The van der Waals surface area contributed by atoms with Gasteiger partial charge in [-0.3, -0.25) is 4.79 Å². The van der Waals surface area contributed by atoms with Crippen LogP contribution >= 0.6 is 0 Å². The minimum absolute atomic E-state index is 0.279. The second kappa shape index (κ2) is 9.03. The van der Waals surface area contributed by atoms with Gasteiger partial charge in [-0.05, 0) is 86.8 Å². The molecule has 0 aliphatic carbocycles. The van der Waals surface area contributed by atoms with Crippen molar-refractivity contribution in [2.75, 3.05) is 13.1 Å². The fraction of sp³-hybridized carbons (Fsp3) is 0.320. The topological polar surface area (TPSA) is 70.6 Å². The van der Waals surface area contributed by atoms with Crippen LogP contribution in [0.2, 0.25) is 0 Å². The number of carbonyl (C=O) groups excluding carboxylic acids is 1. The fourth-order valence-electron chi connectivity index (χ4n) is 4.03. The van der Waals surface area contributed by atoms with Crippen molar-refractivity contribution in [2.45, 2.75) is 37.6 Å². The summed E-state index contributed by atoms with van der Waals surface area (Å²) >= 11 is 0. The van der Waals surface area contributed by atoms with Gasteiger partial charge in [0.25, 0.3) is 5.91 Å². The standard InChI is InChI=1S/C25H25F3N2O3/c1-16(24(32)11-13-29-14-12-24)30-23(31)18-5-10-21-17(15-18)3-2-4-22(21)33-20-8-6-19(7-9-20)25(26,27)28/h2-10,15-16,29,32H,11-14H2,1H3,(H,30,31)/t16-/m1/s1. The van der Waals surface area contributed by atoms with Gasteiger partial charge in [0.15, 0.2) is 0 Å². The van der Waals surface area contributed by atoms with Gasteiger partial charge >= 0.3 is 6.18 Å². The first-order chi connectivity index (χ1) is 15.7. The first-order valence-electron chi connectivity index (χ1n) is 10.8. The van der Waals surface area contributed by atoms with Crippen LogP contribution in [0, 0.1) is 0 Å². The normalized spacial score (nSPS) is 16.9. The molecule has 4 rings (SSSR count). The zero-order chi connectivity index (χ0) is 23.6. The maximum absolute atomic E-state index is 12.8. The molecule has 0 saturated carbocycles. The average Bonchev–Trinajstić information content (AvgIpc) is 2.79. The Morgan fingerprint density at radius 1 is 1.09 bits per heavy atom. The van der Waals surface area contributed by atoms with Crippen LogP contribution in [0.25, 0.3) is 10.8 Å². The van der Waals surface area contributed by atoms with Crippen LogP contribution < -0.4 is 15.4 Å². The fourth-order valence-corrected chi connectivity index (χ4v) is 4.03. The van der Waals surface area contributed by atoms with Gasteiger partial charge in [-0.25, -0.2) is 0 Å². The zero-order valence-electron chi connectivity index (χ0n) is 18.1. The molecule has 1 heterocycles. The number of hydrogen-bond donors (Lipinski definition) is 3. The van der Waals surface area contributed by atoms with Crippen LogP contribution in [0.5, 0.6) is 11.5 Å². The second-order valence-electron chi connectivity index (χ2n) is 8.36. The molecule has 174 valence electrons. The summed E-state index contributed by atoms with van der Waals surface area (Å²) in [6.45, 7) is 3.21. The molecule has 0 aromatic heterocycles. The van der Waals surface area contributed by atoms with Crippen molar-refractivity contribution < 1.29 is 27.8 Å². The number of amides is 1. The molecule has 3 aromatic rings. The monoisotopic (exact) mass is 458 g/mol. The number of benzene rings is 3. The zero-order valence-corrected chi connectivity index (χ0v) is 18.1. The minimum Gasteiger partial charge on any atom is -0.457 e. The van der Waals surface area contributed by atoms with Crippen molar-refractivity contribution in [1.82, 2.24) is 10.6 Å². The third-order valence-corrected chi connectivity index (χ3v) is 6.14. The minimum atomic E-state index is -4.41. The number of fused-ring (bicyclic) bond motifs is 1. The van der Waals surface area contributed by atoms with E-state index in [0.29, 0.717) is 37.2 Å². The Morgan fingerprint density at radius 2 is 1.79 bits per heavy atom. The SMILES string of the molecule is C[C@@H](NC(=O)c1ccc2c(Oc3ccc(C(F)(F)F)cc3)cccc2c1)C1(O)CCNCC1. The Labute approximate surface area is 189 Å². The Hall–Kier alpha value is -3.10. The molecule has 1 aliphatic rings. The highest BCUT2D eigenvalue weighted by Gasteiger charge is 2.36. The third-order valence-electron chi connectivity index (χ3n) is 6.14. The van der Waals surface area contributed by atoms with E-state index in [1.165, 1.54) is 12.1 Å². The Kier molecular flexibility index (Phi) is 6.32. The van der Waals surface area contributed by atoms with Crippen LogP contribution in [0.15, 0.2) is 60.7 Å². The summed E-state index contributed by atoms with van der Waals surface area (Å²) in [5.41, 5.74) is -1.24. The molecule has 0 unspecified atom stereocenters. The molecular formula is C25H25F3N2O3. The van der Waals surface area contributed by atoms with Gasteiger partial charge in [-0.15, -0.1) is 0 Å². The largest absolute Gasteiger partial charge is 0.457 e. The number of carbonyl (C=O) groups is 1. The number of hydrogen-bond acceptors (Lipinski definition) is 4. The van der Waals surface area contributed by atoms with Crippen molar-refractivity contribution in [3.8, 4) is 11.5 Å². The van der Waals surface area contributed by atoms with Crippen molar-refractivity contribution in [3.05, 3.63) is 71.8 Å². The maximum Gasteiger partial charge on any atom is 0.416 e. The summed E-state index contributed by atoms with van der Waals surface area (Å²) in [6, 6.07) is 14.5. The first kappa shape index (κ1) is 23.1. The molecule has 3 aromatic carbocycles. The van der Waals surface area contributed by atoms with Crippen LogP contribution in [0.3, 0.4) is 0 Å². The predicted octanol–water partition coefficient (Wildman–Crippen LogP) is 4.88. The highest BCUT2D eigenvalue weighted by atomic mass is 19.4. The lowest BCUT2D eigenvalue weighted by Crippen LogP contribution is -2.55. The molecule has 5 nitrogen and oxygen atoms in total. The quantitative estimate of drug-likeness (QED) is 0.510. The molecule has 33 heavy (non-hydrogen) atoms. The smallest absolute Gasteiger partial charge is 0.416 e. The van der Waals surface area contributed by atoms with Crippen LogP contribution in [-0.2, 0) is 6.18 Å². The molecule has 1 atom stereocenters. The van der Waals surface area contributed by atoms with Crippen molar-refractivity contribution in [1.29, 1.82) is 0 Å². The number of halogens is 3. The Morgan fingerprint density at radius 3 is 2.45 bits per heavy atom. The molecule has 3 N–H and O–H groups in total. The van der Waals surface area contributed by atoms with Gasteiger partial charge in [-0.2, -0.15) is 13.2 Å². The Balaban J connectivity index is 1.51. The van der Waals surface area contributed by atoms with Crippen LogP contribution in [-0.4, -0.2) is 35.7 Å². The summed E-state index contributed by atoms with van der Waals surface area (Å²) in [4.78, 5) is 12.8. The number of alkyl halides is 3. The lowest BCUT2D eigenvalue weighted by atomic mass is 9.85. The molecule has 0 bridgehead atoms. The predicted molar refractivity (Wildman–Crippen MR) is 119 cm³/mol. The van der Waals surface area contributed by atoms with Crippen molar-refractivity contribution >= 4 is 16.7 Å². The highest BCUT2D eigenvalue weighted by Crippen LogP contribution is 2.34. The molecule has 0 radical (unpaired) electrons. The van der Waals surface area contributed by atoms with Gasteiger partial charge in [0.1, 0.15) is 11.5 Å². The van der Waals surface area contributed by atoms with Gasteiger partial charge < -0.3 is 20.5 Å². The van der Waals surface area contributed by atoms with E-state index >= 15 is 0 Å². The van der Waals surface area contributed by atoms with Crippen molar-refractivity contribution in [3.63, 3.8) is 0 Å². The van der Waals surface area contributed by atoms with Gasteiger partial charge in [0.05, 0.1) is 17.2 Å². The molecule has 1 fully saturated rings. The van der Waals surface area contributed by atoms with E-state index in [9.17, 15) is 23.1 Å². The first-order valence-corrected chi connectivity index (χ1v) is 10.8. The highest BCUT2D eigenvalue weighted by molar-refractivity contribution is 6.00. The molecular weight excluding hydrogens is 433 g/mol. The number of ether oxygens (including phenoxy) is 1. The average molecular weight is 458 g/mol. The summed E-state index contributed by atoms with van der Waals surface area (Å²) < 4.78 is 44.1. The number of rotatable bonds is 5. The van der Waals surface area contributed by atoms with Gasteiger partial charge in [0, 0.05) is 10.9 Å². The molecule has 1 aliphatic heterocycles. The van der Waals surface area contributed by atoms with Crippen molar-refractivity contribution in [2.24, 2.45) is 0 Å². The molecule has 8 heteroatoms. The van der Waals surface area contributed by atoms with E-state index in [-0.39, 0.29) is 11.7 Å². The lowest BCUT2D eigenvalue weighted by molar-refractivity contribution is -0.137. The second-order valence-corrected chi connectivity index (χ2v) is 8.36. The van der Waals surface area contributed by atoms with E-state index < -0.39 is 23.4 Å². The van der Waals surface area contributed by atoms with Crippen LogP contribution in [0.1, 0.15) is 35.7 Å². The van der Waals surface area contributed by atoms with E-state index in [0.717, 1.165) is 22.9 Å². The number of aliphatic hydroxyl groups is 1. The molecule has 0 spiro atoms. The van der Waals surface area contributed by atoms with E-state index in [2.05, 4.69) is 10.6 Å². The maximum atomic E-state index is 12.8. The molecule has 1 amide bonds. The van der Waals surface area contributed by atoms with Gasteiger partial charge in [0.2, 0.25) is 0 Å². The van der Waals surface area contributed by atoms with E-state index in [1.54, 1.807) is 37.3 Å². The third kappa shape index (κ3) is 5.12. The van der Waals surface area contributed by atoms with Crippen LogP contribution in [0.4, 0.5) is 13.2 Å². The summed E-state index contributed by atoms with van der Waals surface area (Å²) in [5, 5.41) is 18.4. The van der Waals surface area contributed by atoms with Gasteiger partial charge in [-0.1, -0.05) is 12.1 Å². The van der Waals surface area contributed by atoms with E-state index in [4.69, 9.17) is 4.74 Å².